The van der Waals surface area contributed by atoms with Crippen molar-refractivity contribution in [2.75, 3.05) is 24.3 Å². The van der Waals surface area contributed by atoms with Gasteiger partial charge < -0.3 is 20.7 Å². The molecule has 0 aliphatic rings. The topological polar surface area (TPSA) is 62.9 Å². The maximum Gasteiger partial charge on any atom is 0.193 e. The monoisotopic (exact) mass is 468 g/mol. The number of aliphatic imine (C=N–C) groups is 1. The molecule has 0 aromatic heterocycles. The highest BCUT2D eigenvalue weighted by molar-refractivity contribution is 14.0. The molecule has 0 atom stereocenters. The average molecular weight is 468 g/mol. The highest BCUT2D eigenvalue weighted by Crippen LogP contribution is 2.19. The van der Waals surface area contributed by atoms with Gasteiger partial charge in [-0.25, -0.2) is 4.99 Å². The Morgan fingerprint density at radius 3 is 2.35 bits per heavy atom. The summed E-state index contributed by atoms with van der Waals surface area (Å²) < 4.78 is 5.63. The van der Waals surface area contributed by atoms with Crippen LogP contribution < -0.4 is 20.7 Å². The minimum atomic E-state index is 0. The van der Waals surface area contributed by atoms with Crippen LogP contribution in [-0.4, -0.2) is 26.2 Å². The predicted octanol–water partition coefficient (Wildman–Crippen LogP) is 4.39. The third-order valence-electron chi connectivity index (χ3n) is 3.76. The molecule has 2 aromatic rings. The maximum atomic E-state index is 6.00. The molecular formula is C20H29IN4O. The number of ether oxygens (including phenoxy) is 1. The molecule has 26 heavy (non-hydrogen) atoms. The number of hydrogen-bond acceptors (Lipinski definition) is 3. The lowest BCUT2D eigenvalue weighted by atomic mass is 10.1. The lowest BCUT2D eigenvalue weighted by Gasteiger charge is -2.14. The van der Waals surface area contributed by atoms with Gasteiger partial charge in [0.1, 0.15) is 5.75 Å². The standard InChI is InChI=1S/C20H28N4O.HI/c1-14(2)25-19-10-7-17(8-11-19)23-20(21)22-13-16-6-9-18(24(4)5)12-15(16)3;/h6-12,14H,13H2,1-5H3,(H3,21,22,23);1H. The van der Waals surface area contributed by atoms with Crippen LogP contribution in [0, 0.1) is 6.92 Å². The van der Waals surface area contributed by atoms with Gasteiger partial charge in [-0.2, -0.15) is 0 Å². The maximum absolute atomic E-state index is 6.00. The lowest BCUT2D eigenvalue weighted by molar-refractivity contribution is 0.242. The zero-order valence-corrected chi connectivity index (χ0v) is 18.4. The largest absolute Gasteiger partial charge is 0.491 e. The van der Waals surface area contributed by atoms with Gasteiger partial charge >= 0.3 is 0 Å². The third kappa shape index (κ3) is 6.74. The first-order valence-electron chi connectivity index (χ1n) is 8.45. The van der Waals surface area contributed by atoms with Gasteiger partial charge in [0.05, 0.1) is 12.6 Å². The van der Waals surface area contributed by atoms with E-state index in [9.17, 15) is 0 Å². The number of nitrogens with two attached hydrogens (primary N) is 1. The fourth-order valence-corrected chi connectivity index (χ4v) is 2.38. The van der Waals surface area contributed by atoms with Crippen LogP contribution in [0.3, 0.4) is 0 Å². The Kier molecular flexibility index (Phi) is 8.71. The summed E-state index contributed by atoms with van der Waals surface area (Å²) in [7, 11) is 4.07. The molecule has 0 spiro atoms. The van der Waals surface area contributed by atoms with Crippen LogP contribution in [0.5, 0.6) is 5.75 Å². The fraction of sp³-hybridized carbons (Fsp3) is 0.350. The number of rotatable bonds is 6. The van der Waals surface area contributed by atoms with Crippen molar-refractivity contribution in [3.63, 3.8) is 0 Å². The van der Waals surface area contributed by atoms with Crippen molar-refractivity contribution in [1.29, 1.82) is 0 Å². The van der Waals surface area contributed by atoms with Gasteiger partial charge in [-0.15, -0.1) is 24.0 Å². The molecule has 5 nitrogen and oxygen atoms in total. The molecule has 0 saturated carbocycles. The molecule has 0 amide bonds. The molecule has 2 rings (SSSR count). The molecule has 142 valence electrons. The molecule has 0 saturated heterocycles. The van der Waals surface area contributed by atoms with Gasteiger partial charge in [0, 0.05) is 25.5 Å². The van der Waals surface area contributed by atoms with Crippen LogP contribution in [0.2, 0.25) is 0 Å². The van der Waals surface area contributed by atoms with Crippen LogP contribution in [0.15, 0.2) is 47.5 Å². The molecule has 0 radical (unpaired) electrons. The van der Waals surface area contributed by atoms with Crippen molar-refractivity contribution >= 4 is 41.3 Å². The first kappa shape index (κ1) is 22.1. The molecule has 6 heteroatoms. The Morgan fingerprint density at radius 2 is 1.81 bits per heavy atom. The Hall–Kier alpha value is -1.96. The molecular weight excluding hydrogens is 439 g/mol. The number of anilines is 2. The Balaban J connectivity index is 0.00000338. The second kappa shape index (κ2) is 10.3. The van der Waals surface area contributed by atoms with Crippen LogP contribution in [0.1, 0.15) is 25.0 Å². The van der Waals surface area contributed by atoms with Gasteiger partial charge in [-0.05, 0) is 68.3 Å². The summed E-state index contributed by atoms with van der Waals surface area (Å²) in [6.45, 7) is 6.65. The minimum Gasteiger partial charge on any atom is -0.491 e. The van der Waals surface area contributed by atoms with E-state index in [2.05, 4.69) is 40.3 Å². The van der Waals surface area contributed by atoms with E-state index < -0.39 is 0 Å². The number of guanidine groups is 1. The molecule has 0 aliphatic heterocycles. The van der Waals surface area contributed by atoms with Crippen molar-refractivity contribution in [3.05, 3.63) is 53.6 Å². The molecule has 0 fully saturated rings. The van der Waals surface area contributed by atoms with E-state index in [0.717, 1.165) is 17.0 Å². The van der Waals surface area contributed by atoms with Crippen molar-refractivity contribution in [2.24, 2.45) is 10.7 Å². The average Bonchev–Trinajstić information content (AvgIpc) is 2.55. The number of aryl methyl sites for hydroxylation is 1. The second-order valence-corrected chi connectivity index (χ2v) is 6.52. The van der Waals surface area contributed by atoms with E-state index in [-0.39, 0.29) is 30.1 Å². The van der Waals surface area contributed by atoms with Gasteiger partial charge in [0.25, 0.3) is 0 Å². The van der Waals surface area contributed by atoms with Crippen molar-refractivity contribution in [1.82, 2.24) is 0 Å². The summed E-state index contributed by atoms with van der Waals surface area (Å²) in [5.74, 6) is 1.24. The van der Waals surface area contributed by atoms with Gasteiger partial charge in [0.2, 0.25) is 0 Å². The quantitative estimate of drug-likeness (QED) is 0.375. The number of nitrogens with zero attached hydrogens (tertiary/aromatic N) is 2. The first-order chi connectivity index (χ1) is 11.8. The van der Waals surface area contributed by atoms with Crippen molar-refractivity contribution in [2.45, 2.75) is 33.4 Å². The van der Waals surface area contributed by atoms with Gasteiger partial charge in [0.15, 0.2) is 5.96 Å². The van der Waals surface area contributed by atoms with E-state index in [0.29, 0.717) is 12.5 Å². The molecule has 3 N–H and O–H groups in total. The smallest absolute Gasteiger partial charge is 0.193 e. The Bertz CT molecular complexity index is 727. The zero-order valence-electron chi connectivity index (χ0n) is 16.1. The van der Waals surface area contributed by atoms with Gasteiger partial charge in [-0.3, -0.25) is 0 Å². The second-order valence-electron chi connectivity index (χ2n) is 6.52. The highest BCUT2D eigenvalue weighted by atomic mass is 127. The zero-order chi connectivity index (χ0) is 18.4. The summed E-state index contributed by atoms with van der Waals surface area (Å²) in [5, 5.41) is 3.11. The van der Waals surface area contributed by atoms with Crippen molar-refractivity contribution in [3.8, 4) is 5.75 Å². The predicted molar refractivity (Wildman–Crippen MR) is 122 cm³/mol. The third-order valence-corrected chi connectivity index (χ3v) is 3.76. The number of halogens is 1. The molecule has 2 aromatic carbocycles. The Morgan fingerprint density at radius 1 is 1.15 bits per heavy atom. The minimum absolute atomic E-state index is 0. The molecule has 0 unspecified atom stereocenters. The SMILES string of the molecule is Cc1cc(N(C)C)ccc1CN=C(N)Nc1ccc(OC(C)C)cc1.I. The molecule has 0 aliphatic carbocycles. The van der Waals surface area contributed by atoms with E-state index >= 15 is 0 Å². The molecule has 0 bridgehead atoms. The highest BCUT2D eigenvalue weighted by Gasteiger charge is 2.03. The summed E-state index contributed by atoms with van der Waals surface area (Å²) in [6, 6.07) is 14.0. The normalized spacial score (nSPS) is 11.1. The van der Waals surface area contributed by atoms with Crippen LogP contribution in [0.25, 0.3) is 0 Å². The number of nitrogens with one attached hydrogen (secondary N) is 1. The number of hydrogen-bond donors (Lipinski definition) is 2. The van der Waals surface area contributed by atoms with Crippen LogP contribution in [-0.2, 0) is 6.54 Å². The van der Waals surface area contributed by atoms with Gasteiger partial charge in [-0.1, -0.05) is 6.07 Å². The summed E-state index contributed by atoms with van der Waals surface area (Å²) in [5.41, 5.74) is 10.4. The van der Waals surface area contributed by atoms with Crippen LogP contribution >= 0.6 is 24.0 Å². The van der Waals surface area contributed by atoms with Crippen molar-refractivity contribution < 1.29 is 4.74 Å². The summed E-state index contributed by atoms with van der Waals surface area (Å²) in [6.07, 6.45) is 0.160. The van der Waals surface area contributed by atoms with E-state index in [1.165, 1.54) is 11.3 Å². The number of benzene rings is 2. The first-order valence-corrected chi connectivity index (χ1v) is 8.45. The summed E-state index contributed by atoms with van der Waals surface area (Å²) in [4.78, 5) is 6.52. The Labute approximate surface area is 173 Å². The summed E-state index contributed by atoms with van der Waals surface area (Å²) >= 11 is 0. The van der Waals surface area contributed by atoms with Crippen LogP contribution in [0.4, 0.5) is 11.4 Å². The molecule has 0 heterocycles. The van der Waals surface area contributed by atoms with E-state index in [4.69, 9.17) is 10.5 Å². The van der Waals surface area contributed by atoms with E-state index in [1.807, 2.05) is 52.2 Å². The fourth-order valence-electron chi connectivity index (χ4n) is 2.38. The lowest BCUT2D eigenvalue weighted by Crippen LogP contribution is -2.22. The van der Waals surface area contributed by atoms with E-state index in [1.54, 1.807) is 0 Å².